The van der Waals surface area contributed by atoms with Crippen LogP contribution in [0.5, 0.6) is 0 Å². The first-order valence-corrected chi connectivity index (χ1v) is 3.49. The number of nitrogens with two attached hydrogens (primary N) is 1. The van der Waals surface area contributed by atoms with Gasteiger partial charge in [-0.15, -0.1) is 0 Å². The molecule has 0 aliphatic carbocycles. The van der Waals surface area contributed by atoms with Crippen LogP contribution in [0.1, 0.15) is 11.3 Å². The standard InChI is InChI=1S/C8H8F3NO/c1-5(8(9,10)11)7-2-6(3-12)4-13-7/h2,4H,1,3,12H2. The summed E-state index contributed by atoms with van der Waals surface area (Å²) >= 11 is 0. The summed E-state index contributed by atoms with van der Waals surface area (Å²) in [4.78, 5) is 0. The zero-order valence-electron chi connectivity index (χ0n) is 6.69. The Morgan fingerprint density at radius 2 is 2.15 bits per heavy atom. The molecule has 0 aliphatic heterocycles. The lowest BCUT2D eigenvalue weighted by atomic mass is 10.2. The molecule has 0 radical (unpaired) electrons. The molecule has 1 aromatic rings. The minimum absolute atomic E-state index is 0.147. The van der Waals surface area contributed by atoms with E-state index in [-0.39, 0.29) is 12.3 Å². The fraction of sp³-hybridized carbons (Fsp3) is 0.250. The molecular formula is C8H8F3NO. The van der Waals surface area contributed by atoms with Gasteiger partial charge in [0.05, 0.1) is 11.8 Å². The number of alkyl halides is 3. The van der Waals surface area contributed by atoms with E-state index in [2.05, 4.69) is 11.0 Å². The van der Waals surface area contributed by atoms with Crippen molar-refractivity contribution in [1.29, 1.82) is 0 Å². The Labute approximate surface area is 72.8 Å². The van der Waals surface area contributed by atoms with E-state index in [1.165, 1.54) is 12.3 Å². The zero-order chi connectivity index (χ0) is 10.1. The molecule has 2 nitrogen and oxygen atoms in total. The van der Waals surface area contributed by atoms with Crippen molar-refractivity contribution in [2.24, 2.45) is 5.73 Å². The molecule has 13 heavy (non-hydrogen) atoms. The number of hydrogen-bond donors (Lipinski definition) is 1. The summed E-state index contributed by atoms with van der Waals surface area (Å²) in [6, 6.07) is 1.23. The Balaban J connectivity index is 2.90. The van der Waals surface area contributed by atoms with Gasteiger partial charge in [0.25, 0.3) is 0 Å². The third-order valence-electron chi connectivity index (χ3n) is 1.53. The molecule has 0 amide bonds. The molecule has 5 heteroatoms. The number of furan rings is 1. The molecule has 0 aromatic carbocycles. The molecule has 1 aromatic heterocycles. The highest BCUT2D eigenvalue weighted by molar-refractivity contribution is 5.63. The molecule has 72 valence electrons. The Morgan fingerprint density at radius 1 is 1.54 bits per heavy atom. The average Bonchev–Trinajstić information content (AvgIpc) is 2.48. The largest absolute Gasteiger partial charge is 0.464 e. The summed E-state index contributed by atoms with van der Waals surface area (Å²) in [5, 5.41) is 0. The fourth-order valence-corrected chi connectivity index (χ4v) is 0.781. The van der Waals surface area contributed by atoms with Gasteiger partial charge in [-0.25, -0.2) is 0 Å². The summed E-state index contributed by atoms with van der Waals surface area (Å²) in [5.74, 6) is -0.284. The van der Waals surface area contributed by atoms with E-state index in [1.807, 2.05) is 0 Å². The second kappa shape index (κ2) is 3.26. The Kier molecular flexibility index (Phi) is 2.47. The molecule has 0 bridgehead atoms. The number of halogens is 3. The van der Waals surface area contributed by atoms with E-state index < -0.39 is 11.7 Å². The Hall–Kier alpha value is -1.23. The lowest BCUT2D eigenvalue weighted by Crippen LogP contribution is -2.08. The van der Waals surface area contributed by atoms with Crippen LogP contribution < -0.4 is 5.73 Å². The lowest BCUT2D eigenvalue weighted by Gasteiger charge is -2.05. The van der Waals surface area contributed by atoms with Crippen molar-refractivity contribution in [1.82, 2.24) is 0 Å². The first kappa shape index (κ1) is 9.85. The second-order valence-electron chi connectivity index (χ2n) is 2.50. The molecule has 0 atom stereocenters. The first-order valence-electron chi connectivity index (χ1n) is 3.49. The van der Waals surface area contributed by atoms with Crippen molar-refractivity contribution >= 4 is 5.57 Å². The summed E-state index contributed by atoms with van der Waals surface area (Å²) in [6.07, 6.45) is -3.27. The molecular weight excluding hydrogens is 183 g/mol. The van der Waals surface area contributed by atoms with Gasteiger partial charge >= 0.3 is 6.18 Å². The minimum atomic E-state index is -4.45. The number of rotatable bonds is 2. The highest BCUT2D eigenvalue weighted by Crippen LogP contribution is 2.32. The summed E-state index contributed by atoms with van der Waals surface area (Å²) in [7, 11) is 0. The monoisotopic (exact) mass is 191 g/mol. The topological polar surface area (TPSA) is 39.2 Å². The maximum atomic E-state index is 12.1. The van der Waals surface area contributed by atoms with Gasteiger partial charge in [-0.2, -0.15) is 13.2 Å². The molecule has 1 heterocycles. The van der Waals surface area contributed by atoms with Gasteiger partial charge in [-0.3, -0.25) is 0 Å². The smallest absolute Gasteiger partial charge is 0.419 e. The van der Waals surface area contributed by atoms with E-state index in [4.69, 9.17) is 5.73 Å². The van der Waals surface area contributed by atoms with Crippen LogP contribution in [0.25, 0.3) is 5.57 Å². The third-order valence-corrected chi connectivity index (χ3v) is 1.53. The second-order valence-corrected chi connectivity index (χ2v) is 2.50. The SMILES string of the molecule is C=C(c1cc(CN)co1)C(F)(F)F. The van der Waals surface area contributed by atoms with Gasteiger partial charge in [0.15, 0.2) is 0 Å². The van der Waals surface area contributed by atoms with Crippen molar-refractivity contribution < 1.29 is 17.6 Å². The van der Waals surface area contributed by atoms with Crippen LogP contribution in [0.4, 0.5) is 13.2 Å². The van der Waals surface area contributed by atoms with E-state index >= 15 is 0 Å². The zero-order valence-corrected chi connectivity index (χ0v) is 6.69. The van der Waals surface area contributed by atoms with Crippen LogP contribution in [-0.4, -0.2) is 6.18 Å². The third kappa shape index (κ3) is 2.12. The van der Waals surface area contributed by atoms with Gasteiger partial charge in [-0.05, 0) is 6.07 Å². The van der Waals surface area contributed by atoms with Crippen LogP contribution in [0.15, 0.2) is 23.3 Å². The van der Waals surface area contributed by atoms with E-state index in [1.54, 1.807) is 0 Å². The molecule has 0 fully saturated rings. The molecule has 0 aliphatic rings. The van der Waals surface area contributed by atoms with Gasteiger partial charge in [0.1, 0.15) is 5.76 Å². The normalized spacial score (nSPS) is 11.7. The summed E-state index contributed by atoms with van der Waals surface area (Å²) in [6.45, 7) is 3.03. The van der Waals surface area contributed by atoms with E-state index in [0.717, 1.165) is 0 Å². The summed E-state index contributed by atoms with van der Waals surface area (Å²) < 4.78 is 40.8. The van der Waals surface area contributed by atoms with Crippen molar-refractivity contribution in [2.45, 2.75) is 12.7 Å². The predicted molar refractivity (Wildman–Crippen MR) is 41.7 cm³/mol. The van der Waals surface area contributed by atoms with E-state index in [0.29, 0.717) is 5.56 Å². The molecule has 0 saturated heterocycles. The highest BCUT2D eigenvalue weighted by atomic mass is 19.4. The summed E-state index contributed by atoms with van der Waals surface area (Å²) in [5.41, 5.74) is 4.72. The maximum Gasteiger partial charge on any atom is 0.419 e. The predicted octanol–water partition coefficient (Wildman–Crippen LogP) is 2.31. The number of hydrogen-bond acceptors (Lipinski definition) is 2. The van der Waals surface area contributed by atoms with Crippen molar-refractivity contribution in [3.05, 3.63) is 30.2 Å². The Morgan fingerprint density at radius 3 is 2.54 bits per heavy atom. The van der Waals surface area contributed by atoms with Crippen molar-refractivity contribution in [3.63, 3.8) is 0 Å². The van der Waals surface area contributed by atoms with Crippen molar-refractivity contribution in [2.75, 3.05) is 0 Å². The molecule has 2 N–H and O–H groups in total. The van der Waals surface area contributed by atoms with Crippen molar-refractivity contribution in [3.8, 4) is 0 Å². The molecule has 0 saturated carbocycles. The number of allylic oxidation sites excluding steroid dienone is 1. The van der Waals surface area contributed by atoms with Gasteiger partial charge in [0, 0.05) is 12.1 Å². The maximum absolute atomic E-state index is 12.1. The van der Waals surface area contributed by atoms with Gasteiger partial charge in [-0.1, -0.05) is 6.58 Å². The van der Waals surface area contributed by atoms with Gasteiger partial charge in [0.2, 0.25) is 0 Å². The minimum Gasteiger partial charge on any atom is -0.464 e. The van der Waals surface area contributed by atoms with Crippen LogP contribution in [0, 0.1) is 0 Å². The quantitative estimate of drug-likeness (QED) is 0.779. The van der Waals surface area contributed by atoms with Crippen LogP contribution in [0.2, 0.25) is 0 Å². The molecule has 0 unspecified atom stereocenters. The highest BCUT2D eigenvalue weighted by Gasteiger charge is 2.34. The van der Waals surface area contributed by atoms with Crippen LogP contribution in [0.3, 0.4) is 0 Å². The van der Waals surface area contributed by atoms with Crippen LogP contribution >= 0.6 is 0 Å². The molecule has 0 spiro atoms. The van der Waals surface area contributed by atoms with Crippen LogP contribution in [-0.2, 0) is 6.54 Å². The lowest BCUT2D eigenvalue weighted by molar-refractivity contribution is -0.0697. The molecule has 1 rings (SSSR count). The fourth-order valence-electron chi connectivity index (χ4n) is 0.781. The first-order chi connectivity index (χ1) is 5.95. The van der Waals surface area contributed by atoms with Gasteiger partial charge < -0.3 is 10.2 Å². The average molecular weight is 191 g/mol. The van der Waals surface area contributed by atoms with E-state index in [9.17, 15) is 13.2 Å². The Bertz CT molecular complexity index is 313.